The van der Waals surface area contributed by atoms with Gasteiger partial charge in [0.25, 0.3) is 5.56 Å². The van der Waals surface area contributed by atoms with Crippen molar-refractivity contribution in [2.75, 3.05) is 0 Å². The third-order valence-corrected chi connectivity index (χ3v) is 1.61. The smallest absolute Gasteiger partial charge is 0.309 e. The number of carbonyl (C=O) groups is 1. The van der Waals surface area contributed by atoms with Gasteiger partial charge in [0.2, 0.25) is 0 Å². The van der Waals surface area contributed by atoms with E-state index in [1.807, 2.05) is 6.92 Å². The van der Waals surface area contributed by atoms with Crippen LogP contribution in [0.15, 0.2) is 11.0 Å². The lowest BCUT2D eigenvalue weighted by Crippen LogP contribution is -2.19. The van der Waals surface area contributed by atoms with Crippen LogP contribution in [0.25, 0.3) is 0 Å². The molecule has 5 nitrogen and oxygen atoms in total. The lowest BCUT2D eigenvalue weighted by atomic mass is 10.3. The molecule has 0 aliphatic rings. The van der Waals surface area contributed by atoms with Gasteiger partial charge in [0.1, 0.15) is 5.69 Å². The number of carboxylic acid groups (broad SMARTS) is 1. The predicted octanol–water partition coefficient (Wildman–Crippen LogP) is -0.0406. The van der Waals surface area contributed by atoms with Gasteiger partial charge in [-0.15, -0.1) is 0 Å². The molecule has 0 aliphatic heterocycles. The number of aromatic nitrogens is 2. The Morgan fingerprint density at radius 3 is 2.85 bits per heavy atom. The van der Waals surface area contributed by atoms with Gasteiger partial charge < -0.3 is 10.1 Å². The molecule has 13 heavy (non-hydrogen) atoms. The van der Waals surface area contributed by atoms with Crippen LogP contribution in [0.1, 0.15) is 18.3 Å². The summed E-state index contributed by atoms with van der Waals surface area (Å²) in [6.45, 7) is 1.88. The van der Waals surface area contributed by atoms with Gasteiger partial charge in [-0.3, -0.25) is 14.6 Å². The molecule has 0 aliphatic carbocycles. The van der Waals surface area contributed by atoms with Gasteiger partial charge in [0.15, 0.2) is 0 Å². The third-order valence-electron chi connectivity index (χ3n) is 1.61. The number of nitrogens with zero attached hydrogens (tertiary/aromatic N) is 1. The van der Waals surface area contributed by atoms with Crippen molar-refractivity contribution in [2.45, 2.75) is 19.8 Å². The molecule has 0 saturated carbocycles. The zero-order valence-electron chi connectivity index (χ0n) is 7.20. The van der Waals surface area contributed by atoms with Crippen LogP contribution in [0, 0.1) is 0 Å². The Kier molecular flexibility index (Phi) is 2.79. The van der Waals surface area contributed by atoms with E-state index in [1.54, 1.807) is 0 Å². The van der Waals surface area contributed by atoms with Crippen LogP contribution in [0.4, 0.5) is 0 Å². The van der Waals surface area contributed by atoms with Crippen LogP contribution in [0.3, 0.4) is 0 Å². The standard InChI is InChI=1S/C8H10N2O3/c1-2-5-4-9-6(3-7(11)12)8(13)10-5/h4H,2-3H2,1H3,(H,10,13)(H,11,12). The maximum absolute atomic E-state index is 11.2. The molecule has 1 aromatic heterocycles. The van der Waals surface area contributed by atoms with Gasteiger partial charge in [0, 0.05) is 11.9 Å². The minimum absolute atomic E-state index is 0.0460. The number of nitrogens with one attached hydrogen (secondary N) is 1. The number of aryl methyl sites for hydroxylation is 1. The van der Waals surface area contributed by atoms with Gasteiger partial charge in [-0.05, 0) is 6.42 Å². The molecule has 1 aromatic rings. The molecule has 70 valence electrons. The summed E-state index contributed by atoms with van der Waals surface area (Å²) < 4.78 is 0. The monoisotopic (exact) mass is 182 g/mol. The van der Waals surface area contributed by atoms with E-state index in [9.17, 15) is 9.59 Å². The molecule has 2 N–H and O–H groups in total. The highest BCUT2D eigenvalue weighted by atomic mass is 16.4. The van der Waals surface area contributed by atoms with E-state index in [1.165, 1.54) is 6.20 Å². The van der Waals surface area contributed by atoms with Crippen molar-refractivity contribution in [1.29, 1.82) is 0 Å². The molecule has 5 heteroatoms. The fourth-order valence-corrected chi connectivity index (χ4v) is 0.914. The lowest BCUT2D eigenvalue weighted by molar-refractivity contribution is -0.136. The van der Waals surface area contributed by atoms with E-state index < -0.39 is 11.5 Å². The molecule has 0 fully saturated rings. The SMILES string of the molecule is CCc1cnc(CC(=O)O)c(=O)[nH]1. The summed E-state index contributed by atoms with van der Waals surface area (Å²) in [4.78, 5) is 27.7. The quantitative estimate of drug-likeness (QED) is 0.687. The molecule has 0 aromatic carbocycles. The maximum atomic E-state index is 11.2. The summed E-state index contributed by atoms with van der Waals surface area (Å²) in [5.41, 5.74) is 0.339. The van der Waals surface area contributed by atoms with Gasteiger partial charge >= 0.3 is 5.97 Å². The largest absolute Gasteiger partial charge is 0.481 e. The molecule has 0 radical (unpaired) electrons. The Hall–Kier alpha value is -1.65. The maximum Gasteiger partial charge on any atom is 0.309 e. The summed E-state index contributed by atoms with van der Waals surface area (Å²) in [5, 5.41) is 8.43. The Balaban J connectivity index is 2.99. The molecule has 0 saturated heterocycles. The fraction of sp³-hybridized carbons (Fsp3) is 0.375. The normalized spacial score (nSPS) is 9.92. The number of H-pyrrole nitrogens is 1. The molecule has 0 atom stereocenters. The first kappa shape index (κ1) is 9.44. The molecule has 0 amide bonds. The second kappa shape index (κ2) is 3.84. The van der Waals surface area contributed by atoms with Crippen molar-refractivity contribution in [1.82, 2.24) is 9.97 Å². The van der Waals surface area contributed by atoms with Crippen molar-refractivity contribution in [3.8, 4) is 0 Å². The average Bonchev–Trinajstić information content (AvgIpc) is 2.08. The second-order valence-corrected chi connectivity index (χ2v) is 2.61. The third kappa shape index (κ3) is 2.40. The summed E-state index contributed by atoms with van der Waals surface area (Å²) in [5.74, 6) is -1.05. The Labute approximate surface area is 74.4 Å². The van der Waals surface area contributed by atoms with E-state index in [4.69, 9.17) is 5.11 Å². The van der Waals surface area contributed by atoms with Gasteiger partial charge in [-0.25, -0.2) is 0 Å². The first-order valence-corrected chi connectivity index (χ1v) is 3.92. The molecule has 0 unspecified atom stereocenters. The highest BCUT2D eigenvalue weighted by Gasteiger charge is 2.06. The van der Waals surface area contributed by atoms with E-state index in [2.05, 4.69) is 9.97 Å². The highest BCUT2D eigenvalue weighted by Crippen LogP contribution is 1.91. The fourth-order valence-electron chi connectivity index (χ4n) is 0.914. The average molecular weight is 182 g/mol. The van der Waals surface area contributed by atoms with E-state index >= 15 is 0 Å². The van der Waals surface area contributed by atoms with E-state index in [0.29, 0.717) is 12.1 Å². The van der Waals surface area contributed by atoms with Crippen LogP contribution in [-0.2, 0) is 17.6 Å². The predicted molar refractivity (Wildman–Crippen MR) is 45.6 cm³/mol. The number of rotatable bonds is 3. The van der Waals surface area contributed by atoms with E-state index in [0.717, 1.165) is 0 Å². The minimum Gasteiger partial charge on any atom is -0.481 e. The van der Waals surface area contributed by atoms with Gasteiger partial charge in [0.05, 0.1) is 6.42 Å². The van der Waals surface area contributed by atoms with Crippen molar-refractivity contribution in [3.05, 3.63) is 27.9 Å². The number of carboxylic acids is 1. The van der Waals surface area contributed by atoms with Crippen molar-refractivity contribution in [3.63, 3.8) is 0 Å². The summed E-state index contributed by atoms with van der Waals surface area (Å²) in [6.07, 6.45) is 1.83. The van der Waals surface area contributed by atoms with Crippen molar-refractivity contribution >= 4 is 5.97 Å². The van der Waals surface area contributed by atoms with Gasteiger partial charge in [-0.1, -0.05) is 6.92 Å². The zero-order chi connectivity index (χ0) is 9.84. The summed E-state index contributed by atoms with van der Waals surface area (Å²) >= 11 is 0. The molecular weight excluding hydrogens is 172 g/mol. The molecule has 1 rings (SSSR count). The minimum atomic E-state index is -1.05. The summed E-state index contributed by atoms with van der Waals surface area (Å²) in [7, 11) is 0. The Morgan fingerprint density at radius 2 is 2.38 bits per heavy atom. The van der Waals surface area contributed by atoms with Crippen molar-refractivity contribution < 1.29 is 9.90 Å². The molecule has 1 heterocycles. The van der Waals surface area contributed by atoms with Gasteiger partial charge in [-0.2, -0.15) is 0 Å². The van der Waals surface area contributed by atoms with Crippen LogP contribution in [0.5, 0.6) is 0 Å². The zero-order valence-corrected chi connectivity index (χ0v) is 7.20. The number of aliphatic carboxylic acids is 1. The number of hydrogen-bond donors (Lipinski definition) is 2. The van der Waals surface area contributed by atoms with Crippen LogP contribution in [0.2, 0.25) is 0 Å². The molecule has 0 bridgehead atoms. The van der Waals surface area contributed by atoms with Crippen LogP contribution in [-0.4, -0.2) is 21.0 Å². The topological polar surface area (TPSA) is 83.0 Å². The summed E-state index contributed by atoms with van der Waals surface area (Å²) in [6, 6.07) is 0. The number of hydrogen-bond acceptors (Lipinski definition) is 3. The second-order valence-electron chi connectivity index (χ2n) is 2.61. The number of aromatic amines is 1. The lowest BCUT2D eigenvalue weighted by Gasteiger charge is -1.97. The molecular formula is C8H10N2O3. The molecule has 0 spiro atoms. The van der Waals surface area contributed by atoms with Crippen LogP contribution < -0.4 is 5.56 Å². The first-order valence-electron chi connectivity index (χ1n) is 3.92. The Morgan fingerprint density at radius 1 is 1.69 bits per heavy atom. The van der Waals surface area contributed by atoms with Crippen molar-refractivity contribution in [2.24, 2.45) is 0 Å². The first-order chi connectivity index (χ1) is 6.13. The Bertz CT molecular complexity index is 370. The van der Waals surface area contributed by atoms with Crippen LogP contribution >= 0.6 is 0 Å². The highest BCUT2D eigenvalue weighted by molar-refractivity contribution is 5.69. The van der Waals surface area contributed by atoms with E-state index in [-0.39, 0.29) is 12.1 Å².